The molecule has 4 aromatic rings. The van der Waals surface area contributed by atoms with Gasteiger partial charge in [0.2, 0.25) is 5.95 Å². The number of fused-ring (bicyclic) bond motifs is 1. The second kappa shape index (κ2) is 8.78. The second-order valence-corrected chi connectivity index (χ2v) is 8.83. The first kappa shape index (κ1) is 22.7. The lowest BCUT2D eigenvalue weighted by atomic mass is 10.00. The Hall–Kier alpha value is -3.52. The number of rotatable bonds is 7. The van der Waals surface area contributed by atoms with Crippen LogP contribution in [-0.4, -0.2) is 32.5 Å². The van der Waals surface area contributed by atoms with Gasteiger partial charge in [-0.05, 0) is 75.9 Å². The van der Waals surface area contributed by atoms with E-state index in [4.69, 9.17) is 20.4 Å². The summed E-state index contributed by atoms with van der Waals surface area (Å²) in [5, 5.41) is 8.57. The normalized spacial score (nSPS) is 11.8. The van der Waals surface area contributed by atoms with Gasteiger partial charge in [-0.25, -0.2) is 14.1 Å². The van der Waals surface area contributed by atoms with Gasteiger partial charge >= 0.3 is 0 Å². The number of halogens is 1. The average molecular weight is 449 g/mol. The van der Waals surface area contributed by atoms with Crippen LogP contribution in [-0.2, 0) is 11.2 Å². The van der Waals surface area contributed by atoms with E-state index in [0.29, 0.717) is 29.2 Å². The topological polar surface area (TPSA) is 90.9 Å². The summed E-state index contributed by atoms with van der Waals surface area (Å²) >= 11 is 0. The molecule has 0 saturated carbocycles. The van der Waals surface area contributed by atoms with Crippen LogP contribution in [0.3, 0.4) is 0 Å². The Bertz CT molecular complexity index is 1280. The van der Waals surface area contributed by atoms with Crippen LogP contribution in [0.1, 0.15) is 37.1 Å². The van der Waals surface area contributed by atoms with Crippen LogP contribution >= 0.6 is 0 Å². The van der Waals surface area contributed by atoms with E-state index >= 15 is 0 Å². The van der Waals surface area contributed by atoms with Crippen molar-refractivity contribution >= 4 is 28.5 Å². The number of aryl methyl sites for hydroxylation is 3. The van der Waals surface area contributed by atoms with Crippen molar-refractivity contribution in [3.05, 3.63) is 65.1 Å². The predicted molar refractivity (Wildman–Crippen MR) is 130 cm³/mol. The minimum absolute atomic E-state index is 0.290. The fourth-order valence-corrected chi connectivity index (χ4v) is 3.92. The monoisotopic (exact) mass is 448 g/mol. The summed E-state index contributed by atoms with van der Waals surface area (Å²) in [7, 11) is 1.70. The largest absolute Gasteiger partial charge is 0.382 e. The third kappa shape index (κ3) is 4.66. The van der Waals surface area contributed by atoms with Crippen LogP contribution in [0.4, 0.5) is 21.8 Å². The molecule has 3 N–H and O–H groups in total. The van der Waals surface area contributed by atoms with Crippen LogP contribution in [0.15, 0.2) is 42.5 Å². The van der Waals surface area contributed by atoms with Crippen molar-refractivity contribution in [1.29, 1.82) is 0 Å². The summed E-state index contributed by atoms with van der Waals surface area (Å²) in [5.41, 5.74) is 10.5. The Labute approximate surface area is 192 Å². The van der Waals surface area contributed by atoms with Gasteiger partial charge in [-0.2, -0.15) is 4.98 Å². The Morgan fingerprint density at radius 2 is 1.76 bits per heavy atom. The van der Waals surface area contributed by atoms with E-state index < -0.39 is 0 Å². The SMILES string of the molecule is COC(C)(C)CCc1nc(Nc2ccccc2)nc2c1c(N)nn2-c1c(C)cc(F)cc1C. The third-order valence-electron chi connectivity index (χ3n) is 5.84. The number of aromatic nitrogens is 4. The molecule has 0 saturated heterocycles. The summed E-state index contributed by atoms with van der Waals surface area (Å²) in [6, 6.07) is 12.7. The zero-order valence-corrected chi connectivity index (χ0v) is 19.6. The molecule has 0 amide bonds. The fraction of sp³-hybridized carbons (Fsp3) is 0.320. The highest BCUT2D eigenvalue weighted by Gasteiger charge is 2.23. The van der Waals surface area contributed by atoms with Crippen LogP contribution in [0, 0.1) is 19.7 Å². The number of nitrogens with zero attached hydrogens (tertiary/aromatic N) is 4. The standard InChI is InChI=1S/C25H29FN6O/c1-15-13-17(26)14-16(2)21(15)32-23-20(22(27)31-32)19(11-12-25(3,4)33-5)29-24(30-23)28-18-9-7-6-8-10-18/h6-10,13-14H,11-12H2,1-5H3,(H2,27,31)(H,28,29,30). The minimum atomic E-state index is -0.320. The molecule has 4 rings (SSSR count). The Balaban J connectivity index is 1.90. The summed E-state index contributed by atoms with van der Waals surface area (Å²) < 4.78 is 21.2. The highest BCUT2D eigenvalue weighted by molar-refractivity contribution is 5.91. The Morgan fingerprint density at radius 3 is 2.39 bits per heavy atom. The van der Waals surface area contributed by atoms with Crippen LogP contribution in [0.25, 0.3) is 16.7 Å². The summed E-state index contributed by atoms with van der Waals surface area (Å²) in [4.78, 5) is 9.56. The van der Waals surface area contributed by atoms with E-state index in [9.17, 15) is 4.39 Å². The van der Waals surface area contributed by atoms with Gasteiger partial charge in [0, 0.05) is 12.8 Å². The van der Waals surface area contributed by atoms with Crippen molar-refractivity contribution in [2.75, 3.05) is 18.2 Å². The smallest absolute Gasteiger partial charge is 0.229 e. The molecule has 0 bridgehead atoms. The molecule has 8 heteroatoms. The molecule has 0 spiro atoms. The molecule has 172 valence electrons. The van der Waals surface area contributed by atoms with Crippen LogP contribution in [0.2, 0.25) is 0 Å². The Kier molecular flexibility index (Phi) is 6.03. The predicted octanol–water partition coefficient (Wildman–Crippen LogP) is 5.25. The molecule has 33 heavy (non-hydrogen) atoms. The number of ether oxygens (including phenoxy) is 1. The van der Waals surface area contributed by atoms with Gasteiger partial charge in [-0.3, -0.25) is 0 Å². The van der Waals surface area contributed by atoms with Gasteiger partial charge in [-0.1, -0.05) is 18.2 Å². The number of nitrogens with one attached hydrogen (secondary N) is 1. The van der Waals surface area contributed by atoms with E-state index in [1.54, 1.807) is 11.8 Å². The highest BCUT2D eigenvalue weighted by atomic mass is 19.1. The highest BCUT2D eigenvalue weighted by Crippen LogP contribution is 2.31. The molecule has 2 heterocycles. The lowest BCUT2D eigenvalue weighted by molar-refractivity contribution is 0.0156. The van der Waals surface area contributed by atoms with Crippen molar-refractivity contribution in [2.45, 2.75) is 46.1 Å². The van der Waals surface area contributed by atoms with Crippen LogP contribution in [0.5, 0.6) is 0 Å². The van der Waals surface area contributed by atoms with E-state index in [1.807, 2.05) is 58.0 Å². The molecule has 0 unspecified atom stereocenters. The van der Waals surface area contributed by atoms with Crippen molar-refractivity contribution in [3.63, 3.8) is 0 Å². The van der Waals surface area contributed by atoms with Crippen LogP contribution < -0.4 is 11.1 Å². The maximum Gasteiger partial charge on any atom is 0.229 e. The lowest BCUT2D eigenvalue weighted by Gasteiger charge is -2.22. The number of nitrogens with two attached hydrogens (primary N) is 1. The Morgan fingerprint density at radius 1 is 1.09 bits per heavy atom. The number of benzene rings is 2. The number of methoxy groups -OCH3 is 1. The molecule has 7 nitrogen and oxygen atoms in total. The molecule has 0 fully saturated rings. The molecule has 2 aromatic heterocycles. The molecule has 0 atom stereocenters. The van der Waals surface area contributed by atoms with Gasteiger partial charge in [0.05, 0.1) is 22.4 Å². The molecule has 0 aliphatic heterocycles. The molecular weight excluding hydrogens is 419 g/mol. The molecule has 2 aromatic carbocycles. The number of para-hydroxylation sites is 1. The first-order chi connectivity index (χ1) is 15.7. The van der Waals surface area contributed by atoms with Gasteiger partial charge in [0.15, 0.2) is 11.5 Å². The zero-order valence-electron chi connectivity index (χ0n) is 19.6. The van der Waals surface area contributed by atoms with E-state index in [0.717, 1.165) is 34.6 Å². The lowest BCUT2D eigenvalue weighted by Crippen LogP contribution is -2.23. The molecular formula is C25H29FN6O. The van der Waals surface area contributed by atoms with Crippen molar-refractivity contribution in [3.8, 4) is 5.69 Å². The summed E-state index contributed by atoms with van der Waals surface area (Å²) in [6.07, 6.45) is 1.36. The van der Waals surface area contributed by atoms with Crippen molar-refractivity contribution in [1.82, 2.24) is 19.7 Å². The van der Waals surface area contributed by atoms with Crippen molar-refractivity contribution in [2.24, 2.45) is 0 Å². The van der Waals surface area contributed by atoms with E-state index in [-0.39, 0.29) is 11.4 Å². The minimum Gasteiger partial charge on any atom is -0.382 e. The quantitative estimate of drug-likeness (QED) is 0.401. The molecule has 0 aliphatic carbocycles. The maximum absolute atomic E-state index is 14.0. The molecule has 0 aliphatic rings. The first-order valence-electron chi connectivity index (χ1n) is 10.9. The summed E-state index contributed by atoms with van der Waals surface area (Å²) in [6.45, 7) is 7.77. The number of anilines is 3. The van der Waals surface area contributed by atoms with Gasteiger partial charge < -0.3 is 15.8 Å². The van der Waals surface area contributed by atoms with E-state index in [1.165, 1.54) is 12.1 Å². The maximum atomic E-state index is 14.0. The number of hydrogen-bond acceptors (Lipinski definition) is 6. The fourth-order valence-electron chi connectivity index (χ4n) is 3.92. The van der Waals surface area contributed by atoms with Crippen molar-refractivity contribution < 1.29 is 9.13 Å². The first-order valence-corrected chi connectivity index (χ1v) is 10.9. The van der Waals surface area contributed by atoms with E-state index in [2.05, 4.69) is 10.4 Å². The molecule has 0 radical (unpaired) electrons. The number of nitrogen functional groups attached to an aromatic ring is 1. The number of hydrogen-bond donors (Lipinski definition) is 2. The van der Waals surface area contributed by atoms with Gasteiger partial charge in [0.1, 0.15) is 5.82 Å². The zero-order chi connectivity index (χ0) is 23.8. The second-order valence-electron chi connectivity index (χ2n) is 8.83. The average Bonchev–Trinajstić information content (AvgIpc) is 3.08. The van der Waals surface area contributed by atoms with Gasteiger partial charge in [0.25, 0.3) is 0 Å². The summed E-state index contributed by atoms with van der Waals surface area (Å²) in [5.74, 6) is 0.490. The third-order valence-corrected chi connectivity index (χ3v) is 5.84. The van der Waals surface area contributed by atoms with Gasteiger partial charge in [-0.15, -0.1) is 5.10 Å².